The molecule has 1 fully saturated rings. The number of ketones is 1. The molecule has 1 saturated carbocycles. The van der Waals surface area contributed by atoms with E-state index in [4.69, 9.17) is 0 Å². The molecule has 2 rings (SSSR count). The molecule has 1 aliphatic carbocycles. The van der Waals surface area contributed by atoms with E-state index in [-0.39, 0.29) is 17.5 Å². The Morgan fingerprint density at radius 3 is 2.71 bits per heavy atom. The number of rotatable bonds is 3. The van der Waals surface area contributed by atoms with Gasteiger partial charge in [0.15, 0.2) is 0 Å². The quantitative estimate of drug-likeness (QED) is 0.813. The zero-order chi connectivity index (χ0) is 10.1. The molecule has 0 unspecified atom stereocenters. The first-order valence-electron chi connectivity index (χ1n) is 4.63. The van der Waals surface area contributed by atoms with Crippen molar-refractivity contribution < 1.29 is 9.18 Å². The zero-order valence-electron chi connectivity index (χ0n) is 7.59. The molecule has 0 heterocycles. The van der Waals surface area contributed by atoms with Crippen LogP contribution in [0.15, 0.2) is 22.7 Å². The van der Waals surface area contributed by atoms with Crippen LogP contribution in [0.3, 0.4) is 0 Å². The van der Waals surface area contributed by atoms with Gasteiger partial charge in [-0.15, -0.1) is 0 Å². The fourth-order valence-electron chi connectivity index (χ4n) is 1.46. The number of carbonyl (C=O) groups is 1. The number of halogens is 2. The Morgan fingerprint density at radius 2 is 2.14 bits per heavy atom. The van der Waals surface area contributed by atoms with Crippen LogP contribution in [0.2, 0.25) is 0 Å². The standard InChI is InChI=1S/C11H10BrFO/c12-9-3-7(4-10(13)6-9)5-11(14)8-1-2-8/h3-4,6,8H,1-2,5H2. The number of Topliss-reactive ketones (excluding diaryl/α,β-unsaturated/α-hetero) is 1. The summed E-state index contributed by atoms with van der Waals surface area (Å²) in [6.07, 6.45) is 2.38. The van der Waals surface area contributed by atoms with Crippen LogP contribution >= 0.6 is 15.9 Å². The maximum atomic E-state index is 13.0. The molecule has 0 aromatic heterocycles. The lowest BCUT2D eigenvalue weighted by molar-refractivity contribution is -0.119. The molecule has 1 aliphatic rings. The first kappa shape index (κ1) is 9.84. The molecule has 3 heteroatoms. The molecular weight excluding hydrogens is 247 g/mol. The third-order valence-corrected chi connectivity index (χ3v) is 2.79. The summed E-state index contributed by atoms with van der Waals surface area (Å²) in [7, 11) is 0. The van der Waals surface area contributed by atoms with E-state index in [0.29, 0.717) is 10.9 Å². The van der Waals surface area contributed by atoms with Crippen LogP contribution in [0.1, 0.15) is 18.4 Å². The Hall–Kier alpha value is -0.700. The zero-order valence-corrected chi connectivity index (χ0v) is 9.18. The van der Waals surface area contributed by atoms with Crippen molar-refractivity contribution >= 4 is 21.7 Å². The lowest BCUT2D eigenvalue weighted by Crippen LogP contribution is -2.04. The summed E-state index contributed by atoms with van der Waals surface area (Å²) in [4.78, 5) is 11.5. The molecule has 0 radical (unpaired) electrons. The van der Waals surface area contributed by atoms with Gasteiger partial charge in [0, 0.05) is 16.8 Å². The molecule has 74 valence electrons. The highest BCUT2D eigenvalue weighted by atomic mass is 79.9. The van der Waals surface area contributed by atoms with E-state index in [2.05, 4.69) is 15.9 Å². The van der Waals surface area contributed by atoms with Crippen LogP contribution in [0.5, 0.6) is 0 Å². The van der Waals surface area contributed by atoms with Crippen LogP contribution < -0.4 is 0 Å². The first-order valence-corrected chi connectivity index (χ1v) is 5.42. The number of hydrogen-bond acceptors (Lipinski definition) is 1. The Morgan fingerprint density at radius 1 is 1.43 bits per heavy atom. The first-order chi connectivity index (χ1) is 6.65. The summed E-state index contributed by atoms with van der Waals surface area (Å²) in [6, 6.07) is 4.61. The maximum Gasteiger partial charge on any atom is 0.140 e. The van der Waals surface area contributed by atoms with Gasteiger partial charge in [-0.25, -0.2) is 4.39 Å². The smallest absolute Gasteiger partial charge is 0.140 e. The summed E-state index contributed by atoms with van der Waals surface area (Å²) in [5.41, 5.74) is 0.758. The summed E-state index contributed by atoms with van der Waals surface area (Å²) in [6.45, 7) is 0. The average molecular weight is 257 g/mol. The number of benzene rings is 1. The van der Waals surface area contributed by atoms with E-state index < -0.39 is 0 Å². The molecular formula is C11H10BrFO. The second-order valence-corrected chi connectivity index (χ2v) is 4.61. The molecule has 0 amide bonds. The second kappa shape index (κ2) is 3.81. The fourth-order valence-corrected chi connectivity index (χ4v) is 1.98. The molecule has 1 nitrogen and oxygen atoms in total. The molecule has 14 heavy (non-hydrogen) atoms. The van der Waals surface area contributed by atoms with Crippen molar-refractivity contribution in [1.29, 1.82) is 0 Å². The molecule has 0 spiro atoms. The predicted molar refractivity (Wildman–Crippen MR) is 55.5 cm³/mol. The molecule has 1 aromatic rings. The van der Waals surface area contributed by atoms with Crippen LogP contribution in [0.4, 0.5) is 4.39 Å². The van der Waals surface area contributed by atoms with Gasteiger partial charge >= 0.3 is 0 Å². The Balaban J connectivity index is 2.11. The maximum absolute atomic E-state index is 13.0. The van der Waals surface area contributed by atoms with Gasteiger partial charge < -0.3 is 0 Å². The van der Waals surface area contributed by atoms with Crippen molar-refractivity contribution in [3.8, 4) is 0 Å². The highest BCUT2D eigenvalue weighted by molar-refractivity contribution is 9.10. The van der Waals surface area contributed by atoms with Crippen molar-refractivity contribution in [3.05, 3.63) is 34.1 Å². The second-order valence-electron chi connectivity index (χ2n) is 3.70. The average Bonchev–Trinajstić information content (AvgIpc) is 2.82. The fraction of sp³-hybridized carbons (Fsp3) is 0.364. The minimum atomic E-state index is -0.294. The van der Waals surface area contributed by atoms with Crippen LogP contribution in [0, 0.1) is 11.7 Å². The molecule has 0 bridgehead atoms. The van der Waals surface area contributed by atoms with Gasteiger partial charge in [0.2, 0.25) is 0 Å². The monoisotopic (exact) mass is 256 g/mol. The van der Waals surface area contributed by atoms with Gasteiger partial charge in [-0.05, 0) is 36.6 Å². The van der Waals surface area contributed by atoms with E-state index in [1.54, 1.807) is 6.07 Å². The van der Waals surface area contributed by atoms with Crippen LogP contribution in [-0.4, -0.2) is 5.78 Å². The predicted octanol–water partition coefficient (Wildman–Crippen LogP) is 3.11. The SMILES string of the molecule is O=C(Cc1cc(F)cc(Br)c1)C1CC1. The lowest BCUT2D eigenvalue weighted by atomic mass is 10.1. The molecule has 0 N–H and O–H groups in total. The normalized spacial score (nSPS) is 15.6. The van der Waals surface area contributed by atoms with Gasteiger partial charge in [0.1, 0.15) is 11.6 Å². The summed E-state index contributed by atoms with van der Waals surface area (Å²) >= 11 is 3.20. The summed E-state index contributed by atoms with van der Waals surface area (Å²) in [5.74, 6) is 0.192. The van der Waals surface area contributed by atoms with Gasteiger partial charge in [0.05, 0.1) is 0 Å². The lowest BCUT2D eigenvalue weighted by Gasteiger charge is -2.01. The van der Waals surface area contributed by atoms with E-state index in [9.17, 15) is 9.18 Å². The Kier molecular flexibility index (Phi) is 2.68. The third-order valence-electron chi connectivity index (χ3n) is 2.33. The summed E-state index contributed by atoms with van der Waals surface area (Å²) in [5, 5.41) is 0. The van der Waals surface area contributed by atoms with Crippen molar-refractivity contribution in [1.82, 2.24) is 0 Å². The van der Waals surface area contributed by atoms with Crippen molar-refractivity contribution in [2.24, 2.45) is 5.92 Å². The minimum Gasteiger partial charge on any atom is -0.299 e. The third kappa shape index (κ3) is 2.41. The molecule has 0 aliphatic heterocycles. The Bertz CT molecular complexity index is 351. The Labute approximate surface area is 90.4 Å². The van der Waals surface area contributed by atoms with Gasteiger partial charge in [0.25, 0.3) is 0 Å². The van der Waals surface area contributed by atoms with E-state index in [1.165, 1.54) is 12.1 Å². The van der Waals surface area contributed by atoms with E-state index in [1.807, 2.05) is 0 Å². The highest BCUT2D eigenvalue weighted by Gasteiger charge is 2.29. The van der Waals surface area contributed by atoms with Crippen LogP contribution in [0.25, 0.3) is 0 Å². The van der Waals surface area contributed by atoms with Gasteiger partial charge in [-0.3, -0.25) is 4.79 Å². The summed E-state index contributed by atoms with van der Waals surface area (Å²) < 4.78 is 13.6. The van der Waals surface area contributed by atoms with E-state index >= 15 is 0 Å². The topological polar surface area (TPSA) is 17.1 Å². The van der Waals surface area contributed by atoms with Crippen molar-refractivity contribution in [3.63, 3.8) is 0 Å². The molecule has 0 atom stereocenters. The number of carbonyl (C=O) groups excluding carboxylic acids is 1. The van der Waals surface area contributed by atoms with Gasteiger partial charge in [-0.2, -0.15) is 0 Å². The largest absolute Gasteiger partial charge is 0.299 e. The van der Waals surface area contributed by atoms with Gasteiger partial charge in [-0.1, -0.05) is 15.9 Å². The number of hydrogen-bond donors (Lipinski definition) is 0. The van der Waals surface area contributed by atoms with Crippen molar-refractivity contribution in [2.75, 3.05) is 0 Å². The minimum absolute atomic E-state index is 0.238. The molecule has 0 saturated heterocycles. The van der Waals surface area contributed by atoms with Crippen molar-refractivity contribution in [2.45, 2.75) is 19.3 Å². The highest BCUT2D eigenvalue weighted by Crippen LogP contribution is 2.31. The van der Waals surface area contributed by atoms with E-state index in [0.717, 1.165) is 18.4 Å². The van der Waals surface area contributed by atoms with Crippen LogP contribution in [-0.2, 0) is 11.2 Å². The molecule has 1 aromatic carbocycles.